The lowest BCUT2D eigenvalue weighted by Gasteiger charge is -2.34. The summed E-state index contributed by atoms with van der Waals surface area (Å²) in [4.78, 5) is 14.5. The van der Waals surface area contributed by atoms with Crippen molar-refractivity contribution in [1.82, 2.24) is 10.6 Å². The second-order valence-electron chi connectivity index (χ2n) is 7.86. The van der Waals surface area contributed by atoms with Gasteiger partial charge in [-0.25, -0.2) is 4.79 Å². The fraction of sp³-hybridized carbons (Fsp3) is 0.417. The van der Waals surface area contributed by atoms with Crippen molar-refractivity contribution >= 4 is 11.7 Å². The average Bonchev–Trinajstić information content (AvgIpc) is 2.77. The third-order valence-corrected chi connectivity index (χ3v) is 5.38. The molecule has 0 spiro atoms. The number of nitriles is 1. The van der Waals surface area contributed by atoms with E-state index < -0.39 is 0 Å². The van der Waals surface area contributed by atoms with Crippen LogP contribution in [0.1, 0.15) is 43.7 Å². The Morgan fingerprint density at radius 1 is 1.17 bits per heavy atom. The number of hydrogen-bond donors (Lipinski definition) is 2. The highest BCUT2D eigenvalue weighted by Crippen LogP contribution is 2.25. The van der Waals surface area contributed by atoms with E-state index >= 15 is 0 Å². The number of anilines is 1. The molecule has 1 saturated heterocycles. The zero-order chi connectivity index (χ0) is 21.3. The summed E-state index contributed by atoms with van der Waals surface area (Å²) in [6.45, 7) is 6.94. The van der Waals surface area contributed by atoms with Crippen LogP contribution in [0.25, 0.3) is 0 Å². The third-order valence-electron chi connectivity index (χ3n) is 5.38. The van der Waals surface area contributed by atoms with E-state index in [9.17, 15) is 4.79 Å². The molecule has 1 aliphatic rings. The maximum Gasteiger partial charge on any atom is 0.315 e. The number of benzene rings is 2. The number of para-hydroxylation sites is 1. The van der Waals surface area contributed by atoms with Gasteiger partial charge in [-0.1, -0.05) is 32.0 Å². The Bertz CT molecular complexity index is 866. The Kier molecular flexibility index (Phi) is 7.56. The number of carbonyl (C=O) groups excluding carboxylic acids is 1. The van der Waals surface area contributed by atoms with Crippen LogP contribution in [0, 0.1) is 11.3 Å². The fourth-order valence-electron chi connectivity index (χ4n) is 3.68. The number of nitrogens with zero attached hydrogens (tertiary/aromatic N) is 2. The van der Waals surface area contributed by atoms with Crippen molar-refractivity contribution in [2.24, 2.45) is 0 Å². The quantitative estimate of drug-likeness (QED) is 0.681. The van der Waals surface area contributed by atoms with Gasteiger partial charge in [0.15, 0.2) is 0 Å². The summed E-state index contributed by atoms with van der Waals surface area (Å²) in [6.07, 6.45) is 1.79. The Morgan fingerprint density at radius 2 is 1.87 bits per heavy atom. The van der Waals surface area contributed by atoms with Gasteiger partial charge < -0.3 is 20.3 Å². The van der Waals surface area contributed by atoms with Gasteiger partial charge in [0.25, 0.3) is 0 Å². The maximum absolute atomic E-state index is 12.2. The Morgan fingerprint density at radius 3 is 2.53 bits per heavy atom. The van der Waals surface area contributed by atoms with Crippen molar-refractivity contribution in [3.8, 4) is 11.8 Å². The number of piperidine rings is 1. The standard InChI is InChI=1S/C24H30N4O2/c1-18(2)22-5-3-4-6-23(22)30-16-13-26-24(29)27-20-11-14-28(15-12-20)21-9-7-19(17-25)8-10-21/h3-10,18,20H,11-16H2,1-2H3,(H2,26,27,29). The van der Waals surface area contributed by atoms with Crippen molar-refractivity contribution in [2.75, 3.05) is 31.1 Å². The van der Waals surface area contributed by atoms with Crippen LogP contribution in [-0.4, -0.2) is 38.3 Å². The van der Waals surface area contributed by atoms with Crippen LogP contribution in [0.2, 0.25) is 0 Å². The molecular formula is C24H30N4O2. The topological polar surface area (TPSA) is 77.4 Å². The van der Waals surface area contributed by atoms with Crippen LogP contribution in [-0.2, 0) is 0 Å². The first-order chi connectivity index (χ1) is 14.6. The Labute approximate surface area is 178 Å². The largest absolute Gasteiger partial charge is 0.491 e. The minimum atomic E-state index is -0.146. The molecule has 30 heavy (non-hydrogen) atoms. The number of amides is 2. The third kappa shape index (κ3) is 5.90. The van der Waals surface area contributed by atoms with Crippen molar-refractivity contribution in [3.05, 3.63) is 59.7 Å². The lowest BCUT2D eigenvalue weighted by molar-refractivity contribution is 0.230. The highest BCUT2D eigenvalue weighted by atomic mass is 16.5. The number of ether oxygens (including phenoxy) is 1. The van der Waals surface area contributed by atoms with E-state index in [1.807, 2.05) is 42.5 Å². The van der Waals surface area contributed by atoms with Gasteiger partial charge in [0, 0.05) is 24.8 Å². The molecule has 0 saturated carbocycles. The first kappa shape index (κ1) is 21.5. The van der Waals surface area contributed by atoms with E-state index in [2.05, 4.69) is 41.5 Å². The van der Waals surface area contributed by atoms with E-state index in [1.165, 1.54) is 5.56 Å². The van der Waals surface area contributed by atoms with Gasteiger partial charge >= 0.3 is 6.03 Å². The summed E-state index contributed by atoms with van der Waals surface area (Å²) < 4.78 is 5.85. The van der Waals surface area contributed by atoms with Crippen molar-refractivity contribution < 1.29 is 9.53 Å². The monoisotopic (exact) mass is 406 g/mol. The van der Waals surface area contributed by atoms with Crippen molar-refractivity contribution in [3.63, 3.8) is 0 Å². The van der Waals surface area contributed by atoms with E-state index in [0.29, 0.717) is 24.6 Å². The average molecular weight is 407 g/mol. The van der Waals surface area contributed by atoms with Crippen molar-refractivity contribution in [1.29, 1.82) is 5.26 Å². The molecule has 1 heterocycles. The molecule has 0 unspecified atom stereocenters. The number of hydrogen-bond acceptors (Lipinski definition) is 4. The normalized spacial score (nSPS) is 14.3. The summed E-state index contributed by atoms with van der Waals surface area (Å²) in [6, 6.07) is 17.8. The predicted molar refractivity (Wildman–Crippen MR) is 119 cm³/mol. The van der Waals surface area contributed by atoms with E-state index in [1.54, 1.807) is 0 Å². The van der Waals surface area contributed by atoms with Crippen LogP contribution in [0.5, 0.6) is 5.75 Å². The summed E-state index contributed by atoms with van der Waals surface area (Å²) in [5.74, 6) is 1.28. The molecule has 1 aliphatic heterocycles. The molecule has 158 valence electrons. The van der Waals surface area contributed by atoms with Gasteiger partial charge in [-0.2, -0.15) is 5.26 Å². The van der Waals surface area contributed by atoms with Crippen LogP contribution < -0.4 is 20.3 Å². The number of nitrogens with one attached hydrogen (secondary N) is 2. The minimum absolute atomic E-state index is 0.146. The maximum atomic E-state index is 12.2. The first-order valence-electron chi connectivity index (χ1n) is 10.6. The fourth-order valence-corrected chi connectivity index (χ4v) is 3.68. The van der Waals surface area contributed by atoms with Crippen LogP contribution in [0.4, 0.5) is 10.5 Å². The van der Waals surface area contributed by atoms with Crippen LogP contribution >= 0.6 is 0 Å². The van der Waals surface area contributed by atoms with Gasteiger partial charge in [-0.15, -0.1) is 0 Å². The van der Waals surface area contributed by atoms with Gasteiger partial charge in [0.2, 0.25) is 0 Å². The van der Waals surface area contributed by atoms with Crippen molar-refractivity contribution in [2.45, 2.75) is 38.6 Å². The second-order valence-corrected chi connectivity index (χ2v) is 7.86. The lowest BCUT2D eigenvalue weighted by atomic mass is 10.0. The second kappa shape index (κ2) is 10.5. The molecule has 3 rings (SSSR count). The zero-order valence-electron chi connectivity index (χ0n) is 17.7. The smallest absolute Gasteiger partial charge is 0.315 e. The number of urea groups is 1. The van der Waals surface area contributed by atoms with Gasteiger partial charge in [-0.3, -0.25) is 0 Å². The molecular weight excluding hydrogens is 376 g/mol. The lowest BCUT2D eigenvalue weighted by Crippen LogP contribution is -2.48. The molecule has 1 fully saturated rings. The zero-order valence-corrected chi connectivity index (χ0v) is 17.7. The summed E-state index contributed by atoms with van der Waals surface area (Å²) in [5, 5.41) is 14.9. The van der Waals surface area contributed by atoms with Crippen LogP contribution in [0.15, 0.2) is 48.5 Å². The van der Waals surface area contributed by atoms with Gasteiger partial charge in [0.05, 0.1) is 18.2 Å². The predicted octanol–water partition coefficient (Wildman–Crippen LogP) is 4.03. The minimum Gasteiger partial charge on any atom is -0.491 e. The summed E-state index contributed by atoms with van der Waals surface area (Å²) >= 11 is 0. The van der Waals surface area contributed by atoms with E-state index in [0.717, 1.165) is 37.4 Å². The Balaban J connectivity index is 1.35. The molecule has 2 N–H and O–H groups in total. The molecule has 2 amide bonds. The van der Waals surface area contributed by atoms with Crippen LogP contribution in [0.3, 0.4) is 0 Å². The molecule has 0 aliphatic carbocycles. The van der Waals surface area contributed by atoms with E-state index in [-0.39, 0.29) is 12.1 Å². The molecule has 0 bridgehead atoms. The molecule has 2 aromatic carbocycles. The SMILES string of the molecule is CC(C)c1ccccc1OCCNC(=O)NC1CCN(c2ccc(C#N)cc2)CC1. The number of carbonyl (C=O) groups is 1. The molecule has 0 atom stereocenters. The molecule has 0 aromatic heterocycles. The number of rotatable bonds is 7. The van der Waals surface area contributed by atoms with Gasteiger partial charge in [-0.05, 0) is 54.7 Å². The first-order valence-corrected chi connectivity index (χ1v) is 10.6. The highest BCUT2D eigenvalue weighted by molar-refractivity contribution is 5.74. The van der Waals surface area contributed by atoms with E-state index in [4.69, 9.17) is 10.00 Å². The summed E-state index contributed by atoms with van der Waals surface area (Å²) in [7, 11) is 0. The molecule has 0 radical (unpaired) electrons. The molecule has 6 heteroatoms. The van der Waals surface area contributed by atoms with Gasteiger partial charge in [0.1, 0.15) is 12.4 Å². The highest BCUT2D eigenvalue weighted by Gasteiger charge is 2.20. The molecule has 6 nitrogen and oxygen atoms in total. The molecule has 2 aromatic rings. The summed E-state index contributed by atoms with van der Waals surface area (Å²) in [5.41, 5.74) is 2.97. The Hall–Kier alpha value is -3.20.